The van der Waals surface area contributed by atoms with E-state index in [1.54, 1.807) is 12.4 Å². The second-order valence-electron chi connectivity index (χ2n) is 6.29. The van der Waals surface area contributed by atoms with Gasteiger partial charge in [0.1, 0.15) is 0 Å². The average molecular weight is 302 g/mol. The van der Waals surface area contributed by atoms with Crippen molar-refractivity contribution in [2.45, 2.75) is 45.9 Å². The Balaban J connectivity index is 1.88. The monoisotopic (exact) mass is 302 g/mol. The van der Waals surface area contributed by atoms with Crippen LogP contribution in [0.4, 0.5) is 0 Å². The van der Waals surface area contributed by atoms with Crippen LogP contribution in [0.5, 0.6) is 0 Å². The molecule has 2 aromatic heterocycles. The molecule has 0 saturated carbocycles. The molecule has 6 heteroatoms. The molecule has 0 N–H and O–H groups in total. The van der Waals surface area contributed by atoms with Crippen LogP contribution in [0.25, 0.3) is 11.0 Å². The number of pyridine rings is 1. The minimum Gasteiger partial charge on any atom is -0.372 e. The van der Waals surface area contributed by atoms with Gasteiger partial charge in [0.2, 0.25) is 0 Å². The number of ether oxygens (including phenoxy) is 1. The molecule has 0 aliphatic carbocycles. The van der Waals surface area contributed by atoms with Crippen LogP contribution in [0.3, 0.4) is 0 Å². The average Bonchev–Trinajstić information content (AvgIpc) is 2.88. The summed E-state index contributed by atoms with van der Waals surface area (Å²) in [5.41, 5.74) is 1.42. The molecule has 2 atom stereocenters. The second kappa shape index (κ2) is 5.68. The third kappa shape index (κ3) is 2.70. The SMILES string of the molecule is CC(C)n1ncc2cc(C(=O)N3C[C@@H](C)O[C@@H](C)C3)cnc21. The first-order chi connectivity index (χ1) is 10.5. The highest BCUT2D eigenvalue weighted by molar-refractivity contribution is 5.96. The maximum atomic E-state index is 12.7. The third-order valence-corrected chi connectivity index (χ3v) is 3.88. The molecule has 3 rings (SSSR count). The van der Waals surface area contributed by atoms with Gasteiger partial charge >= 0.3 is 0 Å². The van der Waals surface area contributed by atoms with Gasteiger partial charge in [0.15, 0.2) is 5.65 Å². The van der Waals surface area contributed by atoms with Gasteiger partial charge in [0, 0.05) is 30.7 Å². The van der Waals surface area contributed by atoms with Crippen LogP contribution in [0, 0.1) is 0 Å². The van der Waals surface area contributed by atoms with Gasteiger partial charge in [-0.05, 0) is 33.8 Å². The standard InChI is InChI=1S/C16H22N4O2/c1-10(2)20-15-13(7-18-20)5-14(6-17-15)16(21)19-8-11(3)22-12(4)9-19/h5-7,10-12H,8-9H2,1-4H3/t11-,12+. The molecule has 0 radical (unpaired) electrons. The first-order valence-corrected chi connectivity index (χ1v) is 7.73. The summed E-state index contributed by atoms with van der Waals surface area (Å²) in [6, 6.07) is 2.12. The lowest BCUT2D eigenvalue weighted by Crippen LogP contribution is -2.48. The number of carbonyl (C=O) groups excluding carboxylic acids is 1. The number of hydrogen-bond donors (Lipinski definition) is 0. The van der Waals surface area contributed by atoms with Gasteiger partial charge in [-0.3, -0.25) is 4.79 Å². The Morgan fingerprint density at radius 3 is 2.59 bits per heavy atom. The van der Waals surface area contributed by atoms with E-state index in [2.05, 4.69) is 23.9 Å². The van der Waals surface area contributed by atoms with Gasteiger partial charge in [-0.15, -0.1) is 0 Å². The molecule has 0 spiro atoms. The van der Waals surface area contributed by atoms with Crippen LogP contribution in [0.1, 0.15) is 44.1 Å². The molecule has 3 heterocycles. The lowest BCUT2D eigenvalue weighted by Gasteiger charge is -2.35. The Labute approximate surface area is 130 Å². The molecule has 1 aliphatic heterocycles. The number of morpholine rings is 1. The van der Waals surface area contributed by atoms with Gasteiger partial charge in [0.05, 0.1) is 24.0 Å². The first-order valence-electron chi connectivity index (χ1n) is 7.73. The highest BCUT2D eigenvalue weighted by Crippen LogP contribution is 2.19. The number of hydrogen-bond acceptors (Lipinski definition) is 4. The largest absolute Gasteiger partial charge is 0.372 e. The molecule has 1 fully saturated rings. The maximum absolute atomic E-state index is 12.7. The zero-order valence-corrected chi connectivity index (χ0v) is 13.5. The molecule has 2 aromatic rings. The van der Waals surface area contributed by atoms with Crippen molar-refractivity contribution in [3.8, 4) is 0 Å². The van der Waals surface area contributed by atoms with Crippen LogP contribution in [-0.2, 0) is 4.74 Å². The minimum atomic E-state index is 0.00805. The second-order valence-corrected chi connectivity index (χ2v) is 6.29. The highest BCUT2D eigenvalue weighted by atomic mass is 16.5. The minimum absolute atomic E-state index is 0.00805. The summed E-state index contributed by atoms with van der Waals surface area (Å²) >= 11 is 0. The quantitative estimate of drug-likeness (QED) is 0.854. The van der Waals surface area contributed by atoms with Gasteiger partial charge in [-0.2, -0.15) is 5.10 Å². The zero-order chi connectivity index (χ0) is 15.9. The Morgan fingerprint density at radius 2 is 1.95 bits per heavy atom. The van der Waals surface area contributed by atoms with Crippen molar-refractivity contribution in [2.75, 3.05) is 13.1 Å². The van der Waals surface area contributed by atoms with Crippen LogP contribution in [0.2, 0.25) is 0 Å². The summed E-state index contributed by atoms with van der Waals surface area (Å²) in [5.74, 6) is 0.00805. The molecule has 1 aliphatic rings. The molecule has 1 amide bonds. The van der Waals surface area contributed by atoms with E-state index in [-0.39, 0.29) is 24.2 Å². The van der Waals surface area contributed by atoms with Gasteiger partial charge in [-0.25, -0.2) is 9.67 Å². The lowest BCUT2D eigenvalue weighted by atomic mass is 10.1. The van der Waals surface area contributed by atoms with Gasteiger partial charge < -0.3 is 9.64 Å². The van der Waals surface area contributed by atoms with Crippen molar-refractivity contribution in [1.29, 1.82) is 0 Å². The van der Waals surface area contributed by atoms with Crippen molar-refractivity contribution in [2.24, 2.45) is 0 Å². The van der Waals surface area contributed by atoms with Crippen LogP contribution >= 0.6 is 0 Å². The molecule has 22 heavy (non-hydrogen) atoms. The highest BCUT2D eigenvalue weighted by Gasteiger charge is 2.27. The molecule has 6 nitrogen and oxygen atoms in total. The topological polar surface area (TPSA) is 60.2 Å². The molecular weight excluding hydrogens is 280 g/mol. The summed E-state index contributed by atoms with van der Waals surface area (Å²) < 4.78 is 7.54. The number of amides is 1. The molecule has 118 valence electrons. The Bertz CT molecular complexity index is 685. The fourth-order valence-electron chi connectivity index (χ4n) is 2.96. The van der Waals surface area contributed by atoms with E-state index in [9.17, 15) is 4.79 Å². The van der Waals surface area contributed by atoms with E-state index in [1.807, 2.05) is 29.5 Å². The van der Waals surface area contributed by atoms with E-state index in [4.69, 9.17) is 4.74 Å². The fourth-order valence-corrected chi connectivity index (χ4v) is 2.96. The summed E-state index contributed by atoms with van der Waals surface area (Å²) in [6.45, 7) is 9.33. The van der Waals surface area contributed by atoms with E-state index >= 15 is 0 Å². The van der Waals surface area contributed by atoms with E-state index in [0.29, 0.717) is 18.7 Å². The van der Waals surface area contributed by atoms with Crippen LogP contribution < -0.4 is 0 Å². The summed E-state index contributed by atoms with van der Waals surface area (Å²) in [7, 11) is 0. The normalized spacial score (nSPS) is 22.5. The predicted molar refractivity (Wildman–Crippen MR) is 83.8 cm³/mol. The molecule has 0 aromatic carbocycles. The zero-order valence-electron chi connectivity index (χ0n) is 13.5. The van der Waals surface area contributed by atoms with Gasteiger partial charge in [0.25, 0.3) is 5.91 Å². The summed E-state index contributed by atoms with van der Waals surface area (Å²) in [5, 5.41) is 5.24. The number of aromatic nitrogens is 3. The Hall–Kier alpha value is -1.95. The number of rotatable bonds is 2. The van der Waals surface area contributed by atoms with Gasteiger partial charge in [-0.1, -0.05) is 0 Å². The molecule has 1 saturated heterocycles. The summed E-state index contributed by atoms with van der Waals surface area (Å²) in [6.07, 6.45) is 3.54. The number of carbonyl (C=O) groups is 1. The van der Waals surface area contributed by atoms with Crippen molar-refractivity contribution in [3.63, 3.8) is 0 Å². The lowest BCUT2D eigenvalue weighted by molar-refractivity contribution is -0.0586. The fraction of sp³-hybridized carbons (Fsp3) is 0.562. The Morgan fingerprint density at radius 1 is 1.27 bits per heavy atom. The Kier molecular flexibility index (Phi) is 3.87. The van der Waals surface area contributed by atoms with Crippen LogP contribution in [0.15, 0.2) is 18.5 Å². The molecule has 0 bridgehead atoms. The van der Waals surface area contributed by atoms with E-state index in [1.165, 1.54) is 0 Å². The number of fused-ring (bicyclic) bond motifs is 1. The molecule has 0 unspecified atom stereocenters. The van der Waals surface area contributed by atoms with E-state index in [0.717, 1.165) is 11.0 Å². The van der Waals surface area contributed by atoms with E-state index < -0.39 is 0 Å². The van der Waals surface area contributed by atoms with Crippen molar-refractivity contribution in [1.82, 2.24) is 19.7 Å². The first kappa shape index (κ1) is 15.0. The predicted octanol–water partition coefficient (Wildman–Crippen LogP) is 2.26. The van der Waals surface area contributed by atoms with Crippen LogP contribution in [-0.4, -0.2) is 50.9 Å². The number of nitrogens with zero attached hydrogens (tertiary/aromatic N) is 4. The van der Waals surface area contributed by atoms with Crippen molar-refractivity contribution < 1.29 is 9.53 Å². The summed E-state index contributed by atoms with van der Waals surface area (Å²) in [4.78, 5) is 19.0. The van der Waals surface area contributed by atoms with Crippen molar-refractivity contribution >= 4 is 16.9 Å². The third-order valence-electron chi connectivity index (χ3n) is 3.88. The van der Waals surface area contributed by atoms with Crippen molar-refractivity contribution in [3.05, 3.63) is 24.0 Å². The molecular formula is C16H22N4O2. The smallest absolute Gasteiger partial charge is 0.255 e. The maximum Gasteiger partial charge on any atom is 0.255 e.